The predicted octanol–water partition coefficient (Wildman–Crippen LogP) is 1.50. The van der Waals surface area contributed by atoms with Crippen molar-refractivity contribution in [3.8, 4) is 5.75 Å². The summed E-state index contributed by atoms with van der Waals surface area (Å²) < 4.78 is 22.3. The molecule has 1 aliphatic rings. The number of carboxylic acid groups (broad SMARTS) is 1. The molecule has 1 heterocycles. The first kappa shape index (κ1) is 57.6. The summed E-state index contributed by atoms with van der Waals surface area (Å²) >= 11 is 0. The largest absolute Gasteiger partial charge is 0.481 e. The van der Waals surface area contributed by atoms with E-state index in [0.717, 1.165) is 6.42 Å². The number of aliphatic hydroxyl groups excluding tert-OH is 2. The molecule has 0 aromatic heterocycles. The SMILES string of the molecule is CC(C)C(=O)CCOCCC(=O)NCC(=O)NC(C(=O)NCC(=O)Nc1ccc(COC(=O)C(C)C)cc1OC1CC(O)CC(CO)O1)C(C)C.CCC(=O)O.CCCNC(N)=O. The highest BCUT2D eigenvalue weighted by Crippen LogP contribution is 2.31. The summed E-state index contributed by atoms with van der Waals surface area (Å²) in [5.74, 6) is -4.00. The van der Waals surface area contributed by atoms with Gasteiger partial charge in [0.15, 0.2) is 0 Å². The Labute approximate surface area is 369 Å². The zero-order chi connectivity index (χ0) is 48.1. The number of rotatable bonds is 24. The first-order chi connectivity index (χ1) is 29.6. The number of ether oxygens (including phenoxy) is 4. The number of primary amides is 1. The van der Waals surface area contributed by atoms with Crippen LogP contribution in [0.1, 0.15) is 99.5 Å². The van der Waals surface area contributed by atoms with Crippen LogP contribution < -0.4 is 37.1 Å². The number of nitrogens with two attached hydrogens (primary N) is 1. The lowest BCUT2D eigenvalue weighted by molar-refractivity contribution is -0.184. The maximum absolute atomic E-state index is 13.0. The number of esters is 1. The van der Waals surface area contributed by atoms with Gasteiger partial charge in [-0.25, -0.2) is 4.79 Å². The Kier molecular flexibility index (Phi) is 29.6. The molecule has 63 heavy (non-hydrogen) atoms. The van der Waals surface area contributed by atoms with Gasteiger partial charge in [0.1, 0.15) is 24.2 Å². The van der Waals surface area contributed by atoms with Crippen LogP contribution in [0.3, 0.4) is 0 Å². The minimum absolute atomic E-state index is 0.00770. The van der Waals surface area contributed by atoms with Crippen LogP contribution in [0.4, 0.5) is 10.5 Å². The number of aliphatic carboxylic acids is 1. The fourth-order valence-corrected chi connectivity index (χ4v) is 4.94. The normalized spacial score (nSPS) is 15.9. The number of ketones is 1. The lowest BCUT2D eigenvalue weighted by Gasteiger charge is -2.32. The second-order valence-electron chi connectivity index (χ2n) is 15.3. The minimum atomic E-state index is -1.01. The number of hydrogen-bond donors (Lipinski definition) is 9. The molecule has 0 bridgehead atoms. The summed E-state index contributed by atoms with van der Waals surface area (Å²) in [5, 5.41) is 40.1. The van der Waals surface area contributed by atoms with E-state index in [-0.39, 0.29) is 100 Å². The second kappa shape index (κ2) is 32.3. The highest BCUT2D eigenvalue weighted by Gasteiger charge is 2.30. The van der Waals surface area contributed by atoms with Crippen molar-refractivity contribution in [1.82, 2.24) is 21.3 Å². The summed E-state index contributed by atoms with van der Waals surface area (Å²) in [6, 6.07) is 3.24. The van der Waals surface area contributed by atoms with Crippen molar-refractivity contribution >= 4 is 53.1 Å². The van der Waals surface area contributed by atoms with Crippen molar-refractivity contribution in [2.24, 2.45) is 23.5 Å². The summed E-state index contributed by atoms with van der Waals surface area (Å²) in [6.07, 6.45) is -0.634. The Morgan fingerprint density at radius 3 is 2.03 bits per heavy atom. The van der Waals surface area contributed by atoms with E-state index < -0.39 is 72.7 Å². The molecule has 2 rings (SSSR count). The van der Waals surface area contributed by atoms with Gasteiger partial charge in [0.05, 0.1) is 56.7 Å². The average Bonchev–Trinajstić information content (AvgIpc) is 3.22. The van der Waals surface area contributed by atoms with Gasteiger partial charge in [0.2, 0.25) is 29.9 Å². The summed E-state index contributed by atoms with van der Waals surface area (Å²) in [4.78, 5) is 93.4. The number of carboxylic acids is 1. The van der Waals surface area contributed by atoms with Gasteiger partial charge in [-0.1, -0.05) is 61.5 Å². The summed E-state index contributed by atoms with van der Waals surface area (Å²) in [7, 11) is 0. The molecule has 10 N–H and O–H groups in total. The van der Waals surface area contributed by atoms with Gasteiger partial charge in [-0.2, -0.15) is 0 Å². The molecule has 0 aliphatic carbocycles. The molecule has 358 valence electrons. The fourth-order valence-electron chi connectivity index (χ4n) is 4.94. The number of carbonyl (C=O) groups excluding carboxylic acids is 7. The Morgan fingerprint density at radius 1 is 0.857 bits per heavy atom. The number of amides is 6. The second-order valence-corrected chi connectivity index (χ2v) is 15.3. The van der Waals surface area contributed by atoms with Gasteiger partial charge in [-0.3, -0.25) is 33.6 Å². The molecule has 1 fully saturated rings. The molecule has 1 saturated heterocycles. The number of hydrogen-bond acceptors (Lipinski definition) is 14. The van der Waals surface area contributed by atoms with Gasteiger partial charge in [0.25, 0.3) is 0 Å². The smallest absolute Gasteiger partial charge is 0.312 e. The van der Waals surface area contributed by atoms with Crippen LogP contribution in [-0.2, 0) is 54.4 Å². The van der Waals surface area contributed by atoms with Crippen LogP contribution in [0.15, 0.2) is 18.2 Å². The molecule has 0 spiro atoms. The number of anilines is 1. The van der Waals surface area contributed by atoms with E-state index in [0.29, 0.717) is 12.1 Å². The minimum Gasteiger partial charge on any atom is -0.481 e. The van der Waals surface area contributed by atoms with Crippen molar-refractivity contribution in [2.75, 3.05) is 44.8 Å². The van der Waals surface area contributed by atoms with E-state index in [2.05, 4.69) is 26.6 Å². The number of Topliss-reactive ketones (excluding diaryl/α,β-unsaturated/α-hetero) is 1. The number of benzene rings is 1. The third-order valence-electron chi connectivity index (χ3n) is 8.58. The van der Waals surface area contributed by atoms with Crippen LogP contribution in [0, 0.1) is 17.8 Å². The molecule has 1 aromatic rings. The topological polar surface area (TPSA) is 320 Å². The van der Waals surface area contributed by atoms with E-state index in [4.69, 9.17) is 29.8 Å². The molecule has 21 heteroatoms. The molecule has 1 aliphatic heterocycles. The Hall–Kier alpha value is -5.38. The van der Waals surface area contributed by atoms with Gasteiger partial charge in [-0.05, 0) is 30.0 Å². The molecule has 0 radical (unpaired) electrons. The zero-order valence-corrected chi connectivity index (χ0v) is 37.8. The number of carbonyl (C=O) groups is 8. The summed E-state index contributed by atoms with van der Waals surface area (Å²) in [6.45, 7) is 13.7. The predicted molar refractivity (Wildman–Crippen MR) is 230 cm³/mol. The van der Waals surface area contributed by atoms with E-state index in [1.54, 1.807) is 60.6 Å². The third-order valence-corrected chi connectivity index (χ3v) is 8.58. The number of aliphatic hydroxyl groups is 2. The maximum Gasteiger partial charge on any atom is 0.312 e. The zero-order valence-electron chi connectivity index (χ0n) is 37.8. The Bertz CT molecular complexity index is 1610. The molecule has 6 amide bonds. The standard InChI is InChI=1S/C35H54N4O12.C4H10N2O.C3H6O2/c1-20(2)27(42)9-11-48-12-10-29(43)36-16-31(45)39-33(21(3)4)34(46)37-17-30(44)38-26-8-7-23(19-49-35(47)22(5)6)13-28(26)51-32-15-24(41)14-25(18-40)50-32;1-2-3-6-4(5)7;1-2-3(4)5/h7-8,13,20-22,24-25,32-33,40-41H,9-12,14-19H2,1-6H3,(H,36,43)(H,37,46)(H,38,44)(H,39,45);2-3H2,1H3,(H3,5,6,7);2H2,1H3,(H,4,5). The highest BCUT2D eigenvalue weighted by atomic mass is 16.7. The van der Waals surface area contributed by atoms with E-state index >= 15 is 0 Å². The van der Waals surface area contributed by atoms with Crippen molar-refractivity contribution in [1.29, 1.82) is 0 Å². The van der Waals surface area contributed by atoms with E-state index in [9.17, 15) is 48.6 Å². The first-order valence-electron chi connectivity index (χ1n) is 21.0. The van der Waals surface area contributed by atoms with Crippen LogP contribution in [-0.4, -0.2) is 127 Å². The number of urea groups is 1. The lowest BCUT2D eigenvalue weighted by Crippen LogP contribution is -2.52. The molecule has 0 saturated carbocycles. The van der Waals surface area contributed by atoms with Crippen LogP contribution in [0.25, 0.3) is 0 Å². The number of nitrogens with one attached hydrogen (secondary N) is 5. The maximum atomic E-state index is 13.0. The van der Waals surface area contributed by atoms with Gasteiger partial charge >= 0.3 is 18.0 Å². The fraction of sp³-hybridized carbons (Fsp3) is 0.667. The van der Waals surface area contributed by atoms with Crippen molar-refractivity contribution in [3.63, 3.8) is 0 Å². The average molecular weight is 899 g/mol. The summed E-state index contributed by atoms with van der Waals surface area (Å²) in [5.41, 5.74) is 5.48. The van der Waals surface area contributed by atoms with Crippen LogP contribution >= 0.6 is 0 Å². The van der Waals surface area contributed by atoms with Crippen LogP contribution in [0.5, 0.6) is 5.75 Å². The molecule has 21 nitrogen and oxygen atoms in total. The molecule has 1 aromatic carbocycles. The molecular weight excluding hydrogens is 828 g/mol. The molecular formula is C42H70N6O15. The molecule has 4 atom stereocenters. The van der Waals surface area contributed by atoms with Crippen molar-refractivity contribution < 1.29 is 72.6 Å². The quantitative estimate of drug-likeness (QED) is 0.0525. The lowest BCUT2D eigenvalue weighted by atomic mass is 10.0. The van der Waals surface area contributed by atoms with Crippen molar-refractivity contribution in [2.45, 2.75) is 125 Å². The Balaban J connectivity index is 0.00000280. The van der Waals surface area contributed by atoms with Gasteiger partial charge in [0, 0.05) is 44.6 Å². The third kappa shape index (κ3) is 27.3. The van der Waals surface area contributed by atoms with E-state index in [1.165, 1.54) is 6.07 Å². The van der Waals surface area contributed by atoms with Crippen molar-refractivity contribution in [3.05, 3.63) is 23.8 Å². The van der Waals surface area contributed by atoms with Gasteiger partial charge in [-0.15, -0.1) is 0 Å². The monoisotopic (exact) mass is 898 g/mol. The van der Waals surface area contributed by atoms with Gasteiger partial charge < -0.3 is 66.6 Å². The first-order valence-corrected chi connectivity index (χ1v) is 21.0. The van der Waals surface area contributed by atoms with Crippen LogP contribution in [0.2, 0.25) is 0 Å². The highest BCUT2D eigenvalue weighted by molar-refractivity contribution is 5.97. The van der Waals surface area contributed by atoms with E-state index in [1.807, 2.05) is 6.92 Å². The Morgan fingerprint density at radius 2 is 1.49 bits per heavy atom. The molecule has 4 unspecified atom stereocenters.